The molecular weight excluding hydrogens is 1000 g/mol. The van der Waals surface area contributed by atoms with Crippen LogP contribution in [0.5, 0.6) is 11.5 Å². The van der Waals surface area contributed by atoms with Crippen LogP contribution < -0.4 is 9.47 Å². The zero-order valence-corrected chi connectivity index (χ0v) is 46.1. The molecule has 0 saturated carbocycles. The maximum absolute atomic E-state index is 13.5. The summed E-state index contributed by atoms with van der Waals surface area (Å²) in [5.74, 6) is 1.16. The molecule has 10 nitrogen and oxygen atoms in total. The van der Waals surface area contributed by atoms with E-state index in [1.54, 1.807) is 26.6 Å². The fraction of sp³-hybridized carbons (Fsp3) is 0.346. The predicted octanol–water partition coefficient (Wildman–Crippen LogP) is 14.9. The van der Waals surface area contributed by atoms with E-state index in [0.717, 1.165) is 44.2 Å². The molecule has 338 valence electrons. The van der Waals surface area contributed by atoms with Gasteiger partial charge in [-0.3, -0.25) is 9.13 Å². The molecule has 0 bridgehead atoms. The molecule has 13 heteroatoms. The van der Waals surface area contributed by atoms with Crippen LogP contribution in [0.25, 0.3) is 66.8 Å². The van der Waals surface area contributed by atoms with Crippen molar-refractivity contribution in [1.29, 1.82) is 0 Å². The summed E-state index contributed by atoms with van der Waals surface area (Å²) in [7, 11) is 3.28. The molecule has 7 rings (SSSR count). The summed E-state index contributed by atoms with van der Waals surface area (Å²) < 4.78 is 27.1. The van der Waals surface area contributed by atoms with Gasteiger partial charge in [-0.1, -0.05) is 65.8 Å². The van der Waals surface area contributed by atoms with Crippen molar-refractivity contribution in [2.45, 2.75) is 105 Å². The third-order valence-electron chi connectivity index (χ3n) is 10.6. The number of pyridine rings is 2. The normalized spacial score (nSPS) is 12.1. The van der Waals surface area contributed by atoms with Crippen LogP contribution in [0, 0.1) is 0 Å². The van der Waals surface area contributed by atoms with Crippen LogP contribution in [0.1, 0.15) is 94.2 Å². The van der Waals surface area contributed by atoms with Crippen molar-refractivity contribution in [2.24, 2.45) is 0 Å². The maximum atomic E-state index is 13.5. The molecule has 0 radical (unpaired) electrons. The van der Waals surface area contributed by atoms with Crippen molar-refractivity contribution in [2.75, 3.05) is 14.2 Å². The summed E-state index contributed by atoms with van der Waals surface area (Å²) in [5, 5.41) is 1.84. The molecule has 4 aromatic heterocycles. The monoisotopic (exact) mass is 1060 g/mol. The fourth-order valence-corrected chi connectivity index (χ4v) is 7.53. The van der Waals surface area contributed by atoms with Gasteiger partial charge in [-0.15, -0.1) is 0 Å². The number of rotatable bonds is 6. The third-order valence-corrected chi connectivity index (χ3v) is 10.6. The number of carbonyl (C=O) groups excluding carboxylic acids is 2. The van der Waals surface area contributed by atoms with E-state index in [-0.39, 0.29) is 24.0 Å². The molecule has 0 amide bonds. The Labute approximate surface area is 403 Å². The molecule has 0 N–H and O–H groups in total. The van der Waals surface area contributed by atoms with E-state index in [1.807, 2.05) is 77.9 Å². The first-order valence-corrected chi connectivity index (χ1v) is 35.4. The van der Waals surface area contributed by atoms with Gasteiger partial charge in [0.05, 0.1) is 48.0 Å². The van der Waals surface area contributed by atoms with Crippen LogP contribution in [0.2, 0.25) is 0 Å². The Morgan fingerprint density at radius 3 is 1.15 bits per heavy atom. The first kappa shape index (κ1) is 49.6. The second-order valence-electron chi connectivity index (χ2n) is 19.9. The van der Waals surface area contributed by atoms with E-state index in [9.17, 15) is 9.59 Å². The summed E-state index contributed by atoms with van der Waals surface area (Å²) in [4.78, 5) is 37.7. The summed E-state index contributed by atoms with van der Waals surface area (Å²) in [6, 6.07) is 28.1. The Hall–Kier alpha value is -4.84. The molecule has 0 aliphatic carbocycles. The van der Waals surface area contributed by atoms with E-state index in [4.69, 9.17) is 28.9 Å². The number of nitrogens with zero attached hydrogens (tertiary/aromatic N) is 4. The van der Waals surface area contributed by atoms with Crippen molar-refractivity contribution in [1.82, 2.24) is 19.1 Å². The average molecular weight is 1060 g/mol. The molecule has 0 spiro atoms. The second-order valence-corrected chi connectivity index (χ2v) is 34.0. The van der Waals surface area contributed by atoms with E-state index < -0.39 is 23.4 Å². The first-order valence-electron chi connectivity index (χ1n) is 21.5. The molecule has 65 heavy (non-hydrogen) atoms. The van der Waals surface area contributed by atoms with Gasteiger partial charge in [-0.05, 0) is 124 Å². The van der Waals surface area contributed by atoms with Crippen molar-refractivity contribution in [3.8, 4) is 56.5 Å². The SMILES string of the molecule is COc1c(-c2ccc3ccc4ccc(-c5cc(C(C)(C)C)cc(-c6cccn6C(=O)OC(C)(C)C)c5OC)nc4c3n2)cc(C(C)(C)C)cc1-c1cccn1C(=O)OC(C)(C)C.[Br][Zn][Br]. The Balaban J connectivity index is 0.00000227. The number of methoxy groups -OCH3 is 2. The number of benzene rings is 3. The third kappa shape index (κ3) is 11.1. The standard InChI is InChI=1S/C52H58N4O6.2BrH.Zn/c1-49(2,3)33-27-35(45(59-13)37(29-33)41-17-15-25-55(41)47(57)61-51(7,8)9)39-23-21-31-19-20-32-22-24-40(54-44(32)43(31)53-39)36-28-34(50(4,5)6)30-38(46(36)60-14)42-18-16-26-56(42)48(58)62-52(10,11)12;;;/h15-30H,1-14H3;2*1H;/q;;;+2/p-2. The number of ether oxygens (including phenoxy) is 4. The zero-order valence-electron chi connectivity index (χ0n) is 39.9. The van der Waals surface area contributed by atoms with Gasteiger partial charge in [0.25, 0.3) is 0 Å². The minimum absolute atomic E-state index is 0.250. The molecule has 0 saturated heterocycles. The summed E-state index contributed by atoms with van der Waals surface area (Å²) in [6.45, 7) is 24.1. The van der Waals surface area contributed by atoms with E-state index in [1.165, 1.54) is 9.13 Å². The van der Waals surface area contributed by atoms with Gasteiger partial charge < -0.3 is 18.9 Å². The predicted molar refractivity (Wildman–Crippen MR) is 266 cm³/mol. The number of halogens is 2. The Kier molecular flexibility index (Phi) is 14.6. The second kappa shape index (κ2) is 19.2. The molecule has 0 aliphatic heterocycles. The Morgan fingerprint density at radius 2 is 0.846 bits per heavy atom. The van der Waals surface area contributed by atoms with Crippen molar-refractivity contribution in [3.63, 3.8) is 0 Å². The van der Waals surface area contributed by atoms with Gasteiger partial charge in [-0.25, -0.2) is 19.6 Å². The van der Waals surface area contributed by atoms with Gasteiger partial charge in [0.15, 0.2) is 0 Å². The Morgan fingerprint density at radius 1 is 0.523 bits per heavy atom. The minimum atomic E-state index is -0.677. The van der Waals surface area contributed by atoms with Crippen LogP contribution >= 0.6 is 27.2 Å². The van der Waals surface area contributed by atoms with E-state index in [0.29, 0.717) is 45.3 Å². The average Bonchev–Trinajstić information content (AvgIpc) is 3.92. The van der Waals surface area contributed by atoms with Crippen LogP contribution in [0.4, 0.5) is 9.59 Å². The summed E-state index contributed by atoms with van der Waals surface area (Å²) in [5.41, 5.74) is 7.35. The van der Waals surface area contributed by atoms with Gasteiger partial charge in [0.1, 0.15) is 22.7 Å². The molecule has 0 atom stereocenters. The van der Waals surface area contributed by atoms with Crippen molar-refractivity contribution >= 4 is 61.2 Å². The van der Waals surface area contributed by atoms with E-state index >= 15 is 0 Å². The quantitative estimate of drug-likeness (QED) is 0.120. The number of carbonyl (C=O) groups is 2. The summed E-state index contributed by atoms with van der Waals surface area (Å²) in [6.07, 6.45) is 2.47. The number of hydrogen-bond acceptors (Lipinski definition) is 8. The molecular formula is C52H58Br2N4O6Zn. The topological polar surface area (TPSA) is 107 Å². The van der Waals surface area contributed by atoms with Gasteiger partial charge >= 0.3 is 52.6 Å². The molecule has 0 unspecified atom stereocenters. The van der Waals surface area contributed by atoms with Crippen molar-refractivity contribution < 1.29 is 41.7 Å². The molecule has 4 heterocycles. The van der Waals surface area contributed by atoms with Gasteiger partial charge in [-0.2, -0.15) is 0 Å². The van der Waals surface area contributed by atoms with Crippen LogP contribution in [-0.2, 0) is 33.5 Å². The van der Waals surface area contributed by atoms with Crippen LogP contribution in [0.15, 0.2) is 97.3 Å². The van der Waals surface area contributed by atoms with Crippen LogP contribution in [-0.4, -0.2) is 56.7 Å². The van der Waals surface area contributed by atoms with E-state index in [2.05, 4.69) is 117 Å². The van der Waals surface area contributed by atoms with Gasteiger partial charge in [0.2, 0.25) is 0 Å². The first-order chi connectivity index (χ1) is 30.4. The summed E-state index contributed by atoms with van der Waals surface area (Å²) >= 11 is 6.25. The number of fused-ring (bicyclic) bond motifs is 3. The Bertz CT molecular complexity index is 2700. The molecule has 0 fully saturated rings. The molecule has 0 aliphatic rings. The molecule has 3 aromatic carbocycles. The number of aromatic nitrogens is 4. The van der Waals surface area contributed by atoms with Crippen LogP contribution in [0.3, 0.4) is 0 Å². The number of hydrogen-bond donors (Lipinski definition) is 0. The van der Waals surface area contributed by atoms with Crippen molar-refractivity contribution in [3.05, 3.63) is 108 Å². The fourth-order valence-electron chi connectivity index (χ4n) is 7.53. The zero-order chi connectivity index (χ0) is 47.8. The van der Waals surface area contributed by atoms with Gasteiger partial charge in [0, 0.05) is 45.4 Å². The molecule has 7 aromatic rings.